The first kappa shape index (κ1) is 20.3. The van der Waals surface area contributed by atoms with Gasteiger partial charge in [-0.25, -0.2) is 4.39 Å². The lowest BCUT2D eigenvalue weighted by atomic mass is 9.83. The minimum absolute atomic E-state index is 0.182. The van der Waals surface area contributed by atoms with Crippen LogP contribution in [-0.4, -0.2) is 41.6 Å². The smallest absolute Gasteiger partial charge is 0.219 e. The molecule has 1 aromatic carbocycles. The molecule has 29 heavy (non-hydrogen) atoms. The summed E-state index contributed by atoms with van der Waals surface area (Å²) < 4.78 is 18.7. The van der Waals surface area contributed by atoms with Gasteiger partial charge >= 0.3 is 0 Å². The highest BCUT2D eigenvalue weighted by Gasteiger charge is 2.26. The Labute approximate surface area is 172 Å². The van der Waals surface area contributed by atoms with Gasteiger partial charge in [0.25, 0.3) is 0 Å². The maximum Gasteiger partial charge on any atom is 0.219 e. The van der Waals surface area contributed by atoms with Crippen molar-refractivity contribution in [1.82, 2.24) is 15.4 Å². The Morgan fingerprint density at radius 2 is 1.97 bits per heavy atom. The van der Waals surface area contributed by atoms with Crippen molar-refractivity contribution in [3.63, 3.8) is 0 Å². The van der Waals surface area contributed by atoms with Gasteiger partial charge in [-0.3, -0.25) is 4.79 Å². The molecule has 0 bridgehead atoms. The third-order valence-electron chi connectivity index (χ3n) is 6.82. The number of aromatic nitrogens is 1. The Balaban J connectivity index is 1.20. The molecule has 0 radical (unpaired) electrons. The Bertz CT molecular complexity index is 821. The van der Waals surface area contributed by atoms with E-state index in [2.05, 4.69) is 15.4 Å². The fourth-order valence-electron chi connectivity index (χ4n) is 4.95. The van der Waals surface area contributed by atoms with Gasteiger partial charge in [-0.2, -0.15) is 0 Å². The van der Waals surface area contributed by atoms with Crippen LogP contribution in [0.1, 0.15) is 69.9 Å². The molecule has 4 rings (SSSR count). The molecule has 0 unspecified atom stereocenters. The van der Waals surface area contributed by atoms with Crippen molar-refractivity contribution < 1.29 is 13.7 Å². The lowest BCUT2D eigenvalue weighted by Gasteiger charge is -2.34. The molecule has 1 saturated carbocycles. The molecule has 1 amide bonds. The topological polar surface area (TPSA) is 58.4 Å². The molecule has 2 fully saturated rings. The van der Waals surface area contributed by atoms with Crippen molar-refractivity contribution in [3.8, 4) is 0 Å². The first-order chi connectivity index (χ1) is 14.1. The molecule has 1 aromatic heterocycles. The number of fused-ring (bicyclic) bond motifs is 1. The van der Waals surface area contributed by atoms with E-state index >= 15 is 0 Å². The van der Waals surface area contributed by atoms with Crippen LogP contribution in [0.2, 0.25) is 0 Å². The summed E-state index contributed by atoms with van der Waals surface area (Å²) in [6.07, 6.45) is 8.70. The number of amides is 1. The van der Waals surface area contributed by atoms with Crippen molar-refractivity contribution in [1.29, 1.82) is 0 Å². The number of likely N-dealkylation sites (tertiary alicyclic amines) is 1. The predicted octanol–water partition coefficient (Wildman–Crippen LogP) is 4.62. The van der Waals surface area contributed by atoms with E-state index < -0.39 is 0 Å². The fourth-order valence-corrected chi connectivity index (χ4v) is 4.95. The lowest BCUT2D eigenvalue weighted by molar-refractivity contribution is -0.121. The molecule has 1 aliphatic heterocycles. The minimum atomic E-state index is -0.281. The second-order valence-corrected chi connectivity index (χ2v) is 8.75. The summed E-state index contributed by atoms with van der Waals surface area (Å²) in [5, 5.41) is 8.35. The van der Waals surface area contributed by atoms with Crippen LogP contribution >= 0.6 is 0 Å². The zero-order valence-electron chi connectivity index (χ0n) is 17.3. The molecular formula is C23H32FN3O2. The number of hydrogen-bond donors (Lipinski definition) is 1. The molecule has 5 nitrogen and oxygen atoms in total. The number of hydrogen-bond acceptors (Lipinski definition) is 4. The Morgan fingerprint density at radius 1 is 1.21 bits per heavy atom. The monoisotopic (exact) mass is 401 g/mol. The van der Waals surface area contributed by atoms with Crippen LogP contribution < -0.4 is 5.32 Å². The number of nitrogens with one attached hydrogen (secondary N) is 1. The zero-order valence-corrected chi connectivity index (χ0v) is 17.3. The van der Waals surface area contributed by atoms with Gasteiger partial charge in [0.2, 0.25) is 5.91 Å². The first-order valence-electron chi connectivity index (χ1n) is 11.2. The van der Waals surface area contributed by atoms with Gasteiger partial charge in [0.15, 0.2) is 5.58 Å². The molecule has 0 spiro atoms. The van der Waals surface area contributed by atoms with Gasteiger partial charge in [0.1, 0.15) is 5.82 Å². The average Bonchev–Trinajstić information content (AvgIpc) is 3.16. The maximum atomic E-state index is 13.4. The van der Waals surface area contributed by atoms with Crippen molar-refractivity contribution >= 4 is 16.9 Å². The number of carbonyl (C=O) groups is 1. The van der Waals surface area contributed by atoms with E-state index in [1.807, 2.05) is 6.92 Å². The minimum Gasteiger partial charge on any atom is -0.356 e. The van der Waals surface area contributed by atoms with Crippen LogP contribution in [0.5, 0.6) is 0 Å². The molecular weight excluding hydrogens is 369 g/mol. The van der Waals surface area contributed by atoms with Crippen LogP contribution in [0.15, 0.2) is 22.7 Å². The molecule has 1 saturated heterocycles. The quantitative estimate of drug-likeness (QED) is 0.767. The summed E-state index contributed by atoms with van der Waals surface area (Å²) in [5.41, 5.74) is 1.54. The number of rotatable bonds is 6. The summed E-state index contributed by atoms with van der Waals surface area (Å²) in [6.45, 7) is 5.24. The van der Waals surface area contributed by atoms with Crippen LogP contribution in [0.25, 0.3) is 11.0 Å². The van der Waals surface area contributed by atoms with Crippen molar-refractivity contribution in [2.45, 2.75) is 70.3 Å². The first-order valence-corrected chi connectivity index (χ1v) is 11.2. The Morgan fingerprint density at radius 3 is 2.69 bits per heavy atom. The van der Waals surface area contributed by atoms with E-state index in [4.69, 9.17) is 4.52 Å². The number of carbonyl (C=O) groups excluding carboxylic acids is 1. The summed E-state index contributed by atoms with van der Waals surface area (Å²) in [7, 11) is 0. The van der Waals surface area contributed by atoms with Crippen LogP contribution in [0, 0.1) is 11.7 Å². The highest BCUT2D eigenvalue weighted by Crippen LogP contribution is 2.33. The van der Waals surface area contributed by atoms with Crippen LogP contribution in [0.4, 0.5) is 4.39 Å². The Kier molecular flexibility index (Phi) is 6.48. The second kappa shape index (κ2) is 9.24. The molecule has 2 aromatic rings. The Hall–Kier alpha value is -1.95. The highest BCUT2D eigenvalue weighted by molar-refractivity contribution is 5.80. The molecule has 6 heteroatoms. The SMILES string of the molecule is CCC(=O)NC1CCC(CCN2CCC(c3noc4cc(F)ccc34)CC2)CC1. The second-order valence-electron chi connectivity index (χ2n) is 8.75. The van der Waals surface area contributed by atoms with E-state index in [1.54, 1.807) is 6.07 Å². The summed E-state index contributed by atoms with van der Waals surface area (Å²) in [4.78, 5) is 14.1. The largest absolute Gasteiger partial charge is 0.356 e. The number of halogens is 1. The highest BCUT2D eigenvalue weighted by atomic mass is 19.1. The van der Waals surface area contributed by atoms with Gasteiger partial charge in [-0.1, -0.05) is 12.1 Å². The molecule has 0 atom stereocenters. The predicted molar refractivity (Wildman–Crippen MR) is 111 cm³/mol. The maximum absolute atomic E-state index is 13.4. The van der Waals surface area contributed by atoms with Gasteiger partial charge in [-0.05, 0) is 82.6 Å². The van der Waals surface area contributed by atoms with E-state index in [9.17, 15) is 9.18 Å². The molecule has 2 heterocycles. The summed E-state index contributed by atoms with van der Waals surface area (Å²) in [5.74, 6) is 1.09. The molecule has 2 aliphatic rings. The van der Waals surface area contributed by atoms with Crippen molar-refractivity contribution in [2.75, 3.05) is 19.6 Å². The van der Waals surface area contributed by atoms with E-state index in [0.717, 1.165) is 62.3 Å². The zero-order chi connectivity index (χ0) is 20.2. The standard InChI is InChI=1S/C23H32FN3O2/c1-2-22(28)25-19-6-3-16(4-7-19)9-12-27-13-10-17(11-14-27)23-20-8-5-18(24)15-21(20)29-26-23/h5,8,15-17,19H,2-4,6-7,9-14H2,1H3,(H,25,28). The van der Waals surface area contributed by atoms with Crippen LogP contribution in [0.3, 0.4) is 0 Å². The van der Waals surface area contributed by atoms with Crippen LogP contribution in [-0.2, 0) is 4.79 Å². The lowest BCUT2D eigenvalue weighted by Crippen LogP contribution is -2.38. The molecule has 1 aliphatic carbocycles. The van der Waals surface area contributed by atoms with E-state index in [1.165, 1.54) is 31.4 Å². The number of benzene rings is 1. The van der Waals surface area contributed by atoms with Gasteiger partial charge in [0, 0.05) is 29.8 Å². The van der Waals surface area contributed by atoms with E-state index in [-0.39, 0.29) is 11.7 Å². The molecule has 158 valence electrons. The number of piperidine rings is 1. The third-order valence-corrected chi connectivity index (χ3v) is 6.82. The van der Waals surface area contributed by atoms with Gasteiger partial charge in [0.05, 0.1) is 5.69 Å². The fraction of sp³-hybridized carbons (Fsp3) is 0.652. The van der Waals surface area contributed by atoms with E-state index in [0.29, 0.717) is 24.0 Å². The summed E-state index contributed by atoms with van der Waals surface area (Å²) >= 11 is 0. The number of nitrogens with zero attached hydrogens (tertiary/aromatic N) is 2. The normalized spacial score (nSPS) is 24.1. The van der Waals surface area contributed by atoms with Gasteiger partial charge < -0.3 is 14.7 Å². The molecule has 1 N–H and O–H groups in total. The average molecular weight is 402 g/mol. The van der Waals surface area contributed by atoms with Crippen molar-refractivity contribution in [3.05, 3.63) is 29.7 Å². The third kappa shape index (κ3) is 4.97. The summed E-state index contributed by atoms with van der Waals surface area (Å²) in [6, 6.07) is 5.09. The van der Waals surface area contributed by atoms with Crippen molar-refractivity contribution in [2.24, 2.45) is 5.92 Å². The van der Waals surface area contributed by atoms with Gasteiger partial charge in [-0.15, -0.1) is 0 Å².